The first-order valence-corrected chi connectivity index (χ1v) is 6.05. The summed E-state index contributed by atoms with van der Waals surface area (Å²) in [5, 5.41) is 11.5. The summed E-state index contributed by atoms with van der Waals surface area (Å²) in [6.07, 6.45) is 1.45. The van der Waals surface area contributed by atoms with E-state index >= 15 is 0 Å². The highest BCUT2D eigenvalue weighted by Crippen LogP contribution is 2.18. The molecule has 18 heavy (non-hydrogen) atoms. The van der Waals surface area contributed by atoms with Gasteiger partial charge in [0.05, 0.1) is 5.92 Å². The number of nitrogens with zero attached hydrogens (tertiary/aromatic N) is 1. The molecule has 0 radical (unpaired) electrons. The number of carbonyl (C=O) groups excluding carboxylic acids is 2. The molecular formula is C12H20N2O4. The maximum Gasteiger partial charge on any atom is 0.328 e. The Balaban J connectivity index is 2.62. The van der Waals surface area contributed by atoms with Crippen molar-refractivity contribution in [2.45, 2.75) is 39.2 Å². The first-order chi connectivity index (χ1) is 8.24. The molecule has 1 saturated heterocycles. The summed E-state index contributed by atoms with van der Waals surface area (Å²) in [6, 6.07) is 0. The van der Waals surface area contributed by atoms with Crippen LogP contribution in [-0.2, 0) is 14.4 Å². The van der Waals surface area contributed by atoms with Crippen molar-refractivity contribution in [3.05, 3.63) is 0 Å². The molecule has 102 valence electrons. The second-order valence-electron chi connectivity index (χ2n) is 5.22. The summed E-state index contributed by atoms with van der Waals surface area (Å²) >= 11 is 0. The minimum atomic E-state index is -1.28. The molecule has 1 atom stereocenters. The molecule has 0 spiro atoms. The van der Waals surface area contributed by atoms with Crippen LogP contribution in [0.4, 0.5) is 0 Å². The van der Waals surface area contributed by atoms with Crippen molar-refractivity contribution < 1.29 is 19.5 Å². The highest BCUT2D eigenvalue weighted by molar-refractivity contribution is 5.88. The Morgan fingerprint density at radius 1 is 1.33 bits per heavy atom. The van der Waals surface area contributed by atoms with Crippen LogP contribution in [0.25, 0.3) is 0 Å². The lowest BCUT2D eigenvalue weighted by atomic mass is 9.95. The molecule has 0 aromatic rings. The maximum atomic E-state index is 12.0. The van der Waals surface area contributed by atoms with Gasteiger partial charge in [-0.15, -0.1) is 0 Å². The first kappa shape index (κ1) is 14.5. The van der Waals surface area contributed by atoms with E-state index in [1.165, 1.54) is 20.8 Å². The predicted octanol–water partition coefficient (Wildman–Crippen LogP) is 0.224. The Bertz CT molecular complexity index is 365. The van der Waals surface area contributed by atoms with Crippen LogP contribution in [-0.4, -0.2) is 46.4 Å². The highest BCUT2D eigenvalue weighted by atomic mass is 16.4. The average Bonchev–Trinajstić information content (AvgIpc) is 2.28. The van der Waals surface area contributed by atoms with E-state index in [9.17, 15) is 14.4 Å². The Morgan fingerprint density at radius 2 is 1.94 bits per heavy atom. The minimum Gasteiger partial charge on any atom is -0.480 e. The van der Waals surface area contributed by atoms with E-state index in [0.29, 0.717) is 19.5 Å². The second kappa shape index (κ2) is 5.37. The number of hydrogen-bond acceptors (Lipinski definition) is 3. The van der Waals surface area contributed by atoms with Crippen LogP contribution in [0.5, 0.6) is 0 Å². The number of aliphatic carboxylic acids is 1. The normalized spacial score (nSPS) is 20.4. The van der Waals surface area contributed by atoms with E-state index in [4.69, 9.17) is 5.11 Å². The van der Waals surface area contributed by atoms with Crippen LogP contribution in [0, 0.1) is 5.92 Å². The smallest absolute Gasteiger partial charge is 0.328 e. The molecule has 1 aliphatic heterocycles. The number of amides is 2. The van der Waals surface area contributed by atoms with Crippen LogP contribution >= 0.6 is 0 Å². The zero-order chi connectivity index (χ0) is 13.9. The van der Waals surface area contributed by atoms with Gasteiger partial charge >= 0.3 is 5.97 Å². The quantitative estimate of drug-likeness (QED) is 0.756. The van der Waals surface area contributed by atoms with Crippen LogP contribution in [0.2, 0.25) is 0 Å². The Labute approximate surface area is 106 Å². The van der Waals surface area contributed by atoms with Gasteiger partial charge < -0.3 is 15.3 Å². The SMILES string of the molecule is CC(=O)N1CCCC(C(=O)NC(C)(C)C(=O)O)C1. The molecule has 2 amide bonds. The lowest BCUT2D eigenvalue weighted by Gasteiger charge is -2.33. The molecule has 6 heteroatoms. The van der Waals surface area contributed by atoms with Gasteiger partial charge in [0.2, 0.25) is 11.8 Å². The van der Waals surface area contributed by atoms with Crippen molar-refractivity contribution in [3.63, 3.8) is 0 Å². The van der Waals surface area contributed by atoms with Crippen molar-refractivity contribution in [1.29, 1.82) is 0 Å². The molecule has 1 unspecified atom stereocenters. The molecule has 0 aromatic heterocycles. The number of carbonyl (C=O) groups is 3. The topological polar surface area (TPSA) is 86.7 Å². The number of carboxylic acid groups (broad SMARTS) is 1. The molecule has 0 saturated carbocycles. The number of nitrogens with one attached hydrogen (secondary N) is 1. The fourth-order valence-corrected chi connectivity index (χ4v) is 1.94. The summed E-state index contributed by atoms with van der Waals surface area (Å²) in [5.74, 6) is -1.74. The molecule has 0 bridgehead atoms. The number of likely N-dealkylation sites (tertiary alicyclic amines) is 1. The van der Waals surface area contributed by atoms with Gasteiger partial charge in [0, 0.05) is 20.0 Å². The third-order valence-corrected chi connectivity index (χ3v) is 3.21. The largest absolute Gasteiger partial charge is 0.480 e. The zero-order valence-electron chi connectivity index (χ0n) is 11.0. The lowest BCUT2D eigenvalue weighted by molar-refractivity contribution is -0.147. The summed E-state index contributed by atoms with van der Waals surface area (Å²) in [5.41, 5.74) is -1.28. The monoisotopic (exact) mass is 256 g/mol. The second-order valence-corrected chi connectivity index (χ2v) is 5.22. The third kappa shape index (κ3) is 3.45. The summed E-state index contributed by atoms with van der Waals surface area (Å²) in [6.45, 7) is 5.40. The van der Waals surface area contributed by atoms with Crippen molar-refractivity contribution >= 4 is 17.8 Å². The molecule has 6 nitrogen and oxygen atoms in total. The van der Waals surface area contributed by atoms with E-state index in [-0.39, 0.29) is 17.7 Å². The molecule has 2 N–H and O–H groups in total. The standard InChI is InChI=1S/C12H20N2O4/c1-8(15)14-6-4-5-9(7-14)10(16)13-12(2,3)11(17)18/h9H,4-7H2,1-3H3,(H,13,16)(H,17,18). The number of piperidine rings is 1. The summed E-state index contributed by atoms with van der Waals surface area (Å²) in [7, 11) is 0. The van der Waals surface area contributed by atoms with E-state index in [0.717, 1.165) is 6.42 Å². The Kier molecular flexibility index (Phi) is 4.32. The van der Waals surface area contributed by atoms with E-state index in [2.05, 4.69) is 5.32 Å². The zero-order valence-corrected chi connectivity index (χ0v) is 11.0. The molecular weight excluding hydrogens is 236 g/mol. The molecule has 1 fully saturated rings. The fraction of sp³-hybridized carbons (Fsp3) is 0.750. The van der Waals surface area contributed by atoms with Crippen LogP contribution in [0.15, 0.2) is 0 Å². The maximum absolute atomic E-state index is 12.0. The van der Waals surface area contributed by atoms with E-state index in [1.807, 2.05) is 0 Å². The van der Waals surface area contributed by atoms with Crippen molar-refractivity contribution in [2.24, 2.45) is 5.92 Å². The van der Waals surface area contributed by atoms with Crippen molar-refractivity contribution in [3.8, 4) is 0 Å². The van der Waals surface area contributed by atoms with Gasteiger partial charge in [0.1, 0.15) is 5.54 Å². The van der Waals surface area contributed by atoms with Crippen LogP contribution in [0.1, 0.15) is 33.6 Å². The van der Waals surface area contributed by atoms with Gasteiger partial charge in [-0.1, -0.05) is 0 Å². The van der Waals surface area contributed by atoms with Crippen molar-refractivity contribution in [2.75, 3.05) is 13.1 Å². The third-order valence-electron chi connectivity index (χ3n) is 3.21. The summed E-state index contributed by atoms with van der Waals surface area (Å²) in [4.78, 5) is 35.8. The molecule has 0 aliphatic carbocycles. The van der Waals surface area contributed by atoms with Gasteiger partial charge in [-0.3, -0.25) is 9.59 Å². The molecule has 1 heterocycles. The van der Waals surface area contributed by atoms with Gasteiger partial charge in [-0.25, -0.2) is 4.79 Å². The van der Waals surface area contributed by atoms with Crippen LogP contribution < -0.4 is 5.32 Å². The highest BCUT2D eigenvalue weighted by Gasteiger charge is 2.34. The van der Waals surface area contributed by atoms with Gasteiger partial charge in [-0.05, 0) is 26.7 Å². The van der Waals surface area contributed by atoms with E-state index < -0.39 is 11.5 Å². The molecule has 1 aliphatic rings. The van der Waals surface area contributed by atoms with Gasteiger partial charge in [-0.2, -0.15) is 0 Å². The Hall–Kier alpha value is -1.59. The molecule has 1 rings (SSSR count). The van der Waals surface area contributed by atoms with Gasteiger partial charge in [0.25, 0.3) is 0 Å². The average molecular weight is 256 g/mol. The summed E-state index contributed by atoms with van der Waals surface area (Å²) < 4.78 is 0. The van der Waals surface area contributed by atoms with Gasteiger partial charge in [0.15, 0.2) is 0 Å². The Morgan fingerprint density at radius 3 is 2.44 bits per heavy atom. The molecule has 0 aromatic carbocycles. The van der Waals surface area contributed by atoms with E-state index in [1.54, 1.807) is 4.90 Å². The predicted molar refractivity (Wildman–Crippen MR) is 64.8 cm³/mol. The minimum absolute atomic E-state index is 0.0509. The number of hydrogen-bond donors (Lipinski definition) is 2. The van der Waals surface area contributed by atoms with Crippen LogP contribution in [0.3, 0.4) is 0 Å². The van der Waals surface area contributed by atoms with Crippen molar-refractivity contribution in [1.82, 2.24) is 10.2 Å². The number of carboxylic acids is 1. The fourth-order valence-electron chi connectivity index (χ4n) is 1.94. The lowest BCUT2D eigenvalue weighted by Crippen LogP contribution is -2.54. The number of rotatable bonds is 3. The first-order valence-electron chi connectivity index (χ1n) is 6.05.